The summed E-state index contributed by atoms with van der Waals surface area (Å²) in [7, 11) is 0. The Morgan fingerprint density at radius 1 is 1.24 bits per heavy atom. The molecule has 1 aromatic rings. The van der Waals surface area contributed by atoms with E-state index in [9.17, 15) is 4.79 Å². The summed E-state index contributed by atoms with van der Waals surface area (Å²) in [4.78, 5) is 12.2. The number of carbonyl (C=O) groups is 1. The first-order chi connectivity index (χ1) is 10.1. The lowest BCUT2D eigenvalue weighted by molar-refractivity contribution is 0.0980. The van der Waals surface area contributed by atoms with E-state index in [1.807, 2.05) is 18.2 Å². The van der Waals surface area contributed by atoms with Crippen molar-refractivity contribution in [1.82, 2.24) is 0 Å². The number of ether oxygens (including phenoxy) is 1. The molecule has 0 fully saturated rings. The van der Waals surface area contributed by atoms with Crippen LogP contribution in [-0.4, -0.2) is 17.2 Å². The zero-order chi connectivity index (χ0) is 14.6. The Balaban J connectivity index is 1.86. The molecule has 2 nitrogen and oxygen atoms in total. The fourth-order valence-corrected chi connectivity index (χ4v) is 4.17. The highest BCUT2D eigenvalue weighted by atomic mass is 79.9. The van der Waals surface area contributed by atoms with Crippen LogP contribution >= 0.6 is 27.5 Å². The van der Waals surface area contributed by atoms with Gasteiger partial charge in [0.2, 0.25) is 0 Å². The van der Waals surface area contributed by atoms with Crippen molar-refractivity contribution < 1.29 is 9.53 Å². The van der Waals surface area contributed by atoms with E-state index in [-0.39, 0.29) is 10.6 Å². The van der Waals surface area contributed by atoms with Crippen molar-refractivity contribution in [3.63, 3.8) is 0 Å². The van der Waals surface area contributed by atoms with Gasteiger partial charge in [0, 0.05) is 27.6 Å². The van der Waals surface area contributed by atoms with Crippen LogP contribution < -0.4 is 4.74 Å². The largest absolute Gasteiger partial charge is 0.492 e. The molecule has 0 spiro atoms. The number of benzene rings is 1. The molecular weight excluding hydrogens is 352 g/mol. The lowest BCUT2D eigenvalue weighted by Gasteiger charge is -2.33. The summed E-state index contributed by atoms with van der Waals surface area (Å²) >= 11 is 9.58. The number of carbonyl (C=O) groups excluding carboxylic acids is 1. The Bertz CT molecular complexity index is 705. The third-order valence-electron chi connectivity index (χ3n) is 4.52. The summed E-state index contributed by atoms with van der Waals surface area (Å²) in [5, 5.41) is 0.881. The molecule has 2 atom stereocenters. The predicted molar refractivity (Wildman–Crippen MR) is 87.3 cm³/mol. The number of fused-ring (bicyclic) bond motifs is 5. The van der Waals surface area contributed by atoms with Gasteiger partial charge in [0.15, 0.2) is 5.78 Å². The van der Waals surface area contributed by atoms with Gasteiger partial charge >= 0.3 is 0 Å². The van der Waals surface area contributed by atoms with E-state index < -0.39 is 0 Å². The van der Waals surface area contributed by atoms with Crippen LogP contribution in [0.2, 0.25) is 0 Å². The Morgan fingerprint density at radius 2 is 2.05 bits per heavy atom. The number of ketones is 1. The van der Waals surface area contributed by atoms with Crippen molar-refractivity contribution in [3.8, 4) is 5.75 Å². The van der Waals surface area contributed by atoms with Gasteiger partial charge < -0.3 is 4.74 Å². The Hall–Kier alpha value is -1.06. The highest BCUT2D eigenvalue weighted by Gasteiger charge is 2.33. The molecule has 0 radical (unpaired) electrons. The molecule has 21 heavy (non-hydrogen) atoms. The third kappa shape index (κ3) is 2.09. The number of allylic oxidation sites excluding steroid dienone is 3. The predicted octanol–water partition coefficient (Wildman–Crippen LogP) is 4.50. The van der Waals surface area contributed by atoms with E-state index in [2.05, 4.69) is 22.0 Å². The molecule has 4 rings (SSSR count). The van der Waals surface area contributed by atoms with Crippen LogP contribution in [-0.2, 0) is 6.42 Å². The van der Waals surface area contributed by atoms with Gasteiger partial charge in [0.25, 0.3) is 0 Å². The molecule has 108 valence electrons. The van der Waals surface area contributed by atoms with Gasteiger partial charge in [-0.2, -0.15) is 0 Å². The van der Waals surface area contributed by atoms with Crippen molar-refractivity contribution in [1.29, 1.82) is 0 Å². The Labute approximate surface area is 136 Å². The number of Topliss-reactive ketones (excluding diaryl/α,β-unsaturated/α-hetero) is 1. The van der Waals surface area contributed by atoms with Crippen molar-refractivity contribution in [2.24, 2.45) is 5.92 Å². The first-order valence-electron chi connectivity index (χ1n) is 7.18. The smallest absolute Gasteiger partial charge is 0.176 e. The lowest BCUT2D eigenvalue weighted by atomic mass is 9.80. The van der Waals surface area contributed by atoms with Gasteiger partial charge in [0.05, 0.1) is 11.4 Å². The van der Waals surface area contributed by atoms with Crippen LogP contribution in [0.1, 0.15) is 34.3 Å². The lowest BCUT2D eigenvalue weighted by Crippen LogP contribution is -2.27. The fraction of sp³-hybridized carbons (Fsp3) is 0.353. The molecule has 2 aliphatic carbocycles. The number of rotatable bonds is 0. The maximum absolute atomic E-state index is 12.3. The number of hydrogen-bond acceptors (Lipinski definition) is 2. The summed E-state index contributed by atoms with van der Waals surface area (Å²) < 4.78 is 6.03. The average Bonchev–Trinajstić information content (AvgIpc) is 2.49. The first-order valence-corrected chi connectivity index (χ1v) is 8.48. The minimum atomic E-state index is -0.0602. The number of hydrogen-bond donors (Lipinski definition) is 0. The number of halogens is 2. The standard InChI is InChI=1S/C17H14BrClO2/c18-15-6-5-14-12(16(15)20)3-4-13-11-2-1-10(19)7-9(11)8-21-17(13)14/h1-4,9,15H,5-8H2. The maximum Gasteiger partial charge on any atom is 0.176 e. The monoisotopic (exact) mass is 364 g/mol. The normalized spacial score (nSPS) is 26.9. The molecule has 0 saturated heterocycles. The zero-order valence-electron chi connectivity index (χ0n) is 11.4. The molecule has 1 aliphatic heterocycles. The van der Waals surface area contributed by atoms with Gasteiger partial charge in [0.1, 0.15) is 5.75 Å². The summed E-state index contributed by atoms with van der Waals surface area (Å²) in [6.45, 7) is 0.644. The van der Waals surface area contributed by atoms with Crippen LogP contribution in [0.4, 0.5) is 0 Å². The van der Waals surface area contributed by atoms with E-state index >= 15 is 0 Å². The molecule has 0 amide bonds. The molecule has 3 aliphatic rings. The summed E-state index contributed by atoms with van der Waals surface area (Å²) in [6, 6.07) is 3.98. The second-order valence-electron chi connectivity index (χ2n) is 5.79. The SMILES string of the molecule is O=C1c2ccc3c(c2CCC1Br)OCC1CC(Cl)=CC=C31. The van der Waals surface area contributed by atoms with Crippen molar-refractivity contribution in [2.45, 2.75) is 24.1 Å². The molecule has 1 aromatic carbocycles. The van der Waals surface area contributed by atoms with Crippen LogP contribution in [0.25, 0.3) is 5.57 Å². The van der Waals surface area contributed by atoms with Crippen LogP contribution in [0.5, 0.6) is 5.75 Å². The van der Waals surface area contributed by atoms with E-state index in [1.54, 1.807) is 0 Å². The minimum Gasteiger partial charge on any atom is -0.492 e. The van der Waals surface area contributed by atoms with Gasteiger partial charge in [-0.1, -0.05) is 45.7 Å². The minimum absolute atomic E-state index is 0.0602. The molecular formula is C17H14BrClO2. The fourth-order valence-electron chi connectivity index (χ4n) is 3.44. The highest BCUT2D eigenvalue weighted by Crippen LogP contribution is 2.45. The van der Waals surface area contributed by atoms with E-state index in [4.69, 9.17) is 16.3 Å². The maximum atomic E-state index is 12.3. The molecule has 0 saturated carbocycles. The summed E-state index contributed by atoms with van der Waals surface area (Å²) in [6.07, 6.45) is 6.63. The van der Waals surface area contributed by atoms with Crippen LogP contribution in [0.15, 0.2) is 29.3 Å². The molecule has 0 N–H and O–H groups in total. The third-order valence-corrected chi connectivity index (χ3v) is 5.68. The highest BCUT2D eigenvalue weighted by molar-refractivity contribution is 9.10. The Kier molecular flexibility index (Phi) is 3.23. The second kappa shape index (κ2) is 4.99. The molecule has 1 heterocycles. The van der Waals surface area contributed by atoms with Crippen LogP contribution in [0, 0.1) is 5.92 Å². The number of alkyl halides is 1. The molecule has 4 heteroatoms. The topological polar surface area (TPSA) is 26.3 Å². The van der Waals surface area contributed by atoms with Crippen molar-refractivity contribution in [3.05, 3.63) is 46.0 Å². The second-order valence-corrected chi connectivity index (χ2v) is 7.38. The zero-order valence-corrected chi connectivity index (χ0v) is 13.7. The van der Waals surface area contributed by atoms with Gasteiger partial charge in [-0.05, 0) is 30.9 Å². The van der Waals surface area contributed by atoms with Crippen molar-refractivity contribution >= 4 is 38.9 Å². The van der Waals surface area contributed by atoms with Gasteiger partial charge in [-0.15, -0.1) is 0 Å². The van der Waals surface area contributed by atoms with Crippen LogP contribution in [0.3, 0.4) is 0 Å². The quantitative estimate of drug-likeness (QED) is 0.633. The molecule has 0 bridgehead atoms. The molecule has 0 aromatic heterocycles. The van der Waals surface area contributed by atoms with Gasteiger partial charge in [-0.3, -0.25) is 4.79 Å². The summed E-state index contributed by atoms with van der Waals surface area (Å²) in [5.41, 5.74) is 4.31. The first kappa shape index (κ1) is 13.6. The van der Waals surface area contributed by atoms with Crippen molar-refractivity contribution in [2.75, 3.05) is 6.61 Å². The summed E-state index contributed by atoms with van der Waals surface area (Å²) in [5.74, 6) is 1.41. The van der Waals surface area contributed by atoms with E-state index in [1.165, 1.54) is 5.57 Å². The molecule has 2 unspecified atom stereocenters. The Morgan fingerprint density at radius 3 is 2.90 bits per heavy atom. The van der Waals surface area contributed by atoms with Gasteiger partial charge in [-0.25, -0.2) is 0 Å². The van der Waals surface area contributed by atoms with E-state index in [0.717, 1.165) is 46.7 Å². The van der Waals surface area contributed by atoms with E-state index in [0.29, 0.717) is 12.5 Å². The average molecular weight is 366 g/mol.